The van der Waals surface area contributed by atoms with Crippen LogP contribution in [-0.2, 0) is 4.74 Å². The molecule has 0 spiro atoms. The minimum atomic E-state index is -1.65. The first-order chi connectivity index (χ1) is 14.3. The molecular weight excluding hydrogens is 397 g/mol. The summed E-state index contributed by atoms with van der Waals surface area (Å²) in [5.74, 6) is -2.04. The van der Waals surface area contributed by atoms with Crippen LogP contribution in [0.4, 0.5) is 14.9 Å². The second-order valence-corrected chi connectivity index (χ2v) is 8.26. The molecule has 0 amide bonds. The molecule has 1 aliphatic carbocycles. The number of carboxylic acid groups (broad SMARTS) is 1. The second kappa shape index (κ2) is 6.58. The number of benzene rings is 1. The number of hydrogen-bond donors (Lipinski definition) is 3. The van der Waals surface area contributed by atoms with Crippen molar-refractivity contribution in [3.8, 4) is 11.5 Å². The Labute approximate surface area is 170 Å². The van der Waals surface area contributed by atoms with Gasteiger partial charge in [-0.3, -0.25) is 4.79 Å². The molecule has 2 aliphatic heterocycles. The first-order valence-electron chi connectivity index (χ1n) is 9.94. The molecule has 30 heavy (non-hydrogen) atoms. The summed E-state index contributed by atoms with van der Waals surface area (Å²) >= 11 is 0. The van der Waals surface area contributed by atoms with Gasteiger partial charge in [0.1, 0.15) is 5.60 Å². The van der Waals surface area contributed by atoms with Gasteiger partial charge in [-0.05, 0) is 25.3 Å². The van der Waals surface area contributed by atoms with E-state index in [9.17, 15) is 14.7 Å². The van der Waals surface area contributed by atoms with Gasteiger partial charge >= 0.3 is 6.16 Å². The van der Waals surface area contributed by atoms with Crippen LogP contribution in [-0.4, -0.2) is 52.8 Å². The maximum absolute atomic E-state index is 15.2. The lowest BCUT2D eigenvalue weighted by molar-refractivity contribution is 0.0126. The molecule has 1 aromatic heterocycles. The molecule has 3 aliphatic rings. The van der Waals surface area contributed by atoms with Gasteiger partial charge in [-0.2, -0.15) is 0 Å². The number of nitrogens with two attached hydrogens (primary N) is 1. The summed E-state index contributed by atoms with van der Waals surface area (Å²) in [5.41, 5.74) is 5.07. The van der Waals surface area contributed by atoms with Crippen molar-refractivity contribution < 1.29 is 28.9 Å². The summed E-state index contributed by atoms with van der Waals surface area (Å²) in [6, 6.07) is 1.57. The average molecular weight is 419 g/mol. The monoisotopic (exact) mass is 419 g/mol. The first kappa shape index (κ1) is 19.1. The molecule has 10 heteroatoms. The van der Waals surface area contributed by atoms with Gasteiger partial charge < -0.3 is 34.9 Å². The number of halogens is 1. The van der Waals surface area contributed by atoms with Crippen molar-refractivity contribution in [3.63, 3.8) is 0 Å². The molecular formula is C20H22FN3O6. The van der Waals surface area contributed by atoms with Crippen LogP contribution in [0, 0.1) is 11.7 Å². The number of pyridine rings is 1. The highest BCUT2D eigenvalue weighted by atomic mass is 19.1. The van der Waals surface area contributed by atoms with Gasteiger partial charge in [0.05, 0.1) is 22.8 Å². The van der Waals surface area contributed by atoms with Crippen molar-refractivity contribution in [3.05, 3.63) is 28.3 Å². The number of carbonyl (C=O) groups is 1. The zero-order valence-corrected chi connectivity index (χ0v) is 16.1. The van der Waals surface area contributed by atoms with Crippen LogP contribution >= 0.6 is 0 Å². The van der Waals surface area contributed by atoms with E-state index in [2.05, 4.69) is 4.74 Å². The lowest BCUT2D eigenvalue weighted by Gasteiger charge is -2.27. The molecule has 0 radical (unpaired) electrons. The molecule has 2 atom stereocenters. The Kier molecular flexibility index (Phi) is 4.19. The van der Waals surface area contributed by atoms with E-state index < -0.39 is 34.5 Å². The largest absolute Gasteiger partial charge is 0.511 e. The van der Waals surface area contributed by atoms with Gasteiger partial charge in [-0.15, -0.1) is 0 Å². The molecule has 3 fully saturated rings. The van der Waals surface area contributed by atoms with Crippen LogP contribution in [0.15, 0.2) is 17.1 Å². The number of nitrogens with zero attached hydrogens (tertiary/aromatic N) is 2. The summed E-state index contributed by atoms with van der Waals surface area (Å²) in [5, 5.41) is 19.2. The van der Waals surface area contributed by atoms with Crippen LogP contribution in [0.5, 0.6) is 11.5 Å². The highest BCUT2D eigenvalue weighted by Gasteiger charge is 2.50. The van der Waals surface area contributed by atoms with E-state index >= 15 is 4.39 Å². The van der Waals surface area contributed by atoms with E-state index in [1.165, 1.54) is 6.20 Å². The molecule has 1 saturated carbocycles. The summed E-state index contributed by atoms with van der Waals surface area (Å²) in [7, 11) is 0. The molecule has 4 N–H and O–H groups in total. The number of phenolic OH excluding ortho intramolecular Hbond substituents is 1. The number of hydrogen-bond acceptors (Lipinski definition) is 7. The van der Waals surface area contributed by atoms with Crippen molar-refractivity contribution in [2.75, 3.05) is 31.1 Å². The number of aromatic nitrogens is 1. The molecule has 9 nitrogen and oxygen atoms in total. The summed E-state index contributed by atoms with van der Waals surface area (Å²) in [6.45, 7) is 1.86. The van der Waals surface area contributed by atoms with Crippen LogP contribution in [0.3, 0.4) is 0 Å². The number of anilines is 1. The number of phenols is 1. The van der Waals surface area contributed by atoms with Gasteiger partial charge in [0.2, 0.25) is 5.43 Å². The summed E-state index contributed by atoms with van der Waals surface area (Å²) in [6.07, 6.45) is 2.15. The fourth-order valence-corrected chi connectivity index (χ4v) is 4.82. The molecule has 2 saturated heterocycles. The summed E-state index contributed by atoms with van der Waals surface area (Å²) in [4.78, 5) is 25.5. The van der Waals surface area contributed by atoms with Crippen LogP contribution in [0.25, 0.3) is 10.9 Å². The van der Waals surface area contributed by atoms with Crippen molar-refractivity contribution in [2.24, 2.45) is 11.7 Å². The quantitative estimate of drug-likeness (QED) is 0.640. The molecule has 3 heterocycles. The van der Waals surface area contributed by atoms with Crippen LogP contribution < -0.4 is 20.8 Å². The Bertz CT molecular complexity index is 1110. The Morgan fingerprint density at radius 2 is 2.17 bits per heavy atom. The number of fused-ring (bicyclic) bond motifs is 2. The van der Waals surface area contributed by atoms with E-state index in [1.807, 2.05) is 0 Å². The number of aromatic hydroxyl groups is 1. The molecule has 0 bridgehead atoms. The zero-order valence-electron chi connectivity index (χ0n) is 16.1. The molecule has 2 aromatic rings. The minimum Gasteiger partial charge on any atom is -0.504 e. The Morgan fingerprint density at radius 1 is 1.40 bits per heavy atom. The normalized spacial score (nSPS) is 25.7. The van der Waals surface area contributed by atoms with Gasteiger partial charge in [-0.25, -0.2) is 9.18 Å². The maximum atomic E-state index is 15.2. The molecule has 5 rings (SSSR count). The third-order valence-corrected chi connectivity index (χ3v) is 6.51. The van der Waals surface area contributed by atoms with Gasteiger partial charge in [-0.1, -0.05) is 0 Å². The fraction of sp³-hybridized carbons (Fsp3) is 0.500. The van der Waals surface area contributed by atoms with E-state index in [4.69, 9.17) is 15.6 Å². The molecule has 2 unspecified atom stereocenters. The van der Waals surface area contributed by atoms with Gasteiger partial charge in [0.15, 0.2) is 17.3 Å². The van der Waals surface area contributed by atoms with E-state index in [1.54, 1.807) is 15.5 Å². The minimum absolute atomic E-state index is 0.0265. The van der Waals surface area contributed by atoms with E-state index in [0.717, 1.165) is 19.3 Å². The van der Waals surface area contributed by atoms with Gasteiger partial charge in [0, 0.05) is 38.2 Å². The summed E-state index contributed by atoms with van der Waals surface area (Å²) < 4.78 is 27.4. The second-order valence-electron chi connectivity index (χ2n) is 8.26. The topological polar surface area (TPSA) is 127 Å². The lowest BCUT2D eigenvalue weighted by Crippen LogP contribution is -2.44. The fourth-order valence-electron chi connectivity index (χ4n) is 4.82. The third-order valence-electron chi connectivity index (χ3n) is 6.51. The number of rotatable bonds is 4. The Morgan fingerprint density at radius 3 is 2.80 bits per heavy atom. The van der Waals surface area contributed by atoms with Crippen molar-refractivity contribution >= 4 is 22.7 Å². The Hall–Kier alpha value is -2.85. The lowest BCUT2D eigenvalue weighted by atomic mass is 9.91. The van der Waals surface area contributed by atoms with Crippen LogP contribution in [0.1, 0.15) is 25.3 Å². The highest BCUT2D eigenvalue weighted by Crippen LogP contribution is 2.45. The van der Waals surface area contributed by atoms with Crippen molar-refractivity contribution in [2.45, 2.75) is 30.9 Å². The van der Waals surface area contributed by atoms with Crippen LogP contribution in [0.2, 0.25) is 0 Å². The Balaban J connectivity index is 1.67. The predicted molar refractivity (Wildman–Crippen MR) is 105 cm³/mol. The molecule has 160 valence electrons. The standard InChI is InChI=1S/C20H22FN3O6/c21-16-13(23-6-10-3-4-29-20(10,8-22)9-23)5-12-15(18(16)26)17(25)14(30-19(27)28)7-24(12)11-1-2-11/h5,7,10-11,26H,1-4,6,8-9,22H2,(H,27,28). The van der Waals surface area contributed by atoms with Crippen molar-refractivity contribution in [1.29, 1.82) is 0 Å². The molecule has 1 aromatic carbocycles. The third kappa shape index (κ3) is 2.74. The first-order valence-corrected chi connectivity index (χ1v) is 9.94. The SMILES string of the molecule is NCC12CN(c3cc4c(c(O)c3F)c(=O)c(OC(=O)O)cn4C3CC3)CC1CCO2. The highest BCUT2D eigenvalue weighted by molar-refractivity contribution is 5.91. The van der Waals surface area contributed by atoms with E-state index in [-0.39, 0.29) is 23.0 Å². The smallest absolute Gasteiger partial charge is 0.504 e. The predicted octanol–water partition coefficient (Wildman–Crippen LogP) is 1.79. The van der Waals surface area contributed by atoms with Gasteiger partial charge in [0.25, 0.3) is 0 Å². The van der Waals surface area contributed by atoms with E-state index in [0.29, 0.717) is 31.8 Å². The number of ether oxygens (including phenoxy) is 2. The maximum Gasteiger partial charge on any atom is 0.511 e. The van der Waals surface area contributed by atoms with Crippen molar-refractivity contribution in [1.82, 2.24) is 4.57 Å². The zero-order chi connectivity index (χ0) is 21.2. The average Bonchev–Trinajstić information content (AvgIpc) is 3.37.